The normalized spacial score (nSPS) is 18.6. The molecular formula is C10H13F3N2O2S2. The van der Waals surface area contributed by atoms with Gasteiger partial charge in [0.1, 0.15) is 9.75 Å². The van der Waals surface area contributed by atoms with Crippen LogP contribution >= 0.6 is 11.3 Å². The van der Waals surface area contributed by atoms with Crippen molar-refractivity contribution in [2.45, 2.75) is 42.2 Å². The summed E-state index contributed by atoms with van der Waals surface area (Å²) in [6.45, 7) is 1.84. The van der Waals surface area contributed by atoms with E-state index in [1.165, 1.54) is 6.07 Å². The van der Waals surface area contributed by atoms with Gasteiger partial charge in [0.15, 0.2) is 0 Å². The maximum absolute atomic E-state index is 12.7. The zero-order valence-corrected chi connectivity index (χ0v) is 11.7. The van der Waals surface area contributed by atoms with Crippen molar-refractivity contribution in [3.63, 3.8) is 0 Å². The number of sulfonamides is 1. The molecule has 1 saturated carbocycles. The van der Waals surface area contributed by atoms with Crippen molar-refractivity contribution in [2.24, 2.45) is 5.73 Å². The first-order valence-electron chi connectivity index (χ1n) is 5.51. The van der Waals surface area contributed by atoms with Gasteiger partial charge in [-0.15, -0.1) is 11.3 Å². The molecule has 0 spiro atoms. The van der Waals surface area contributed by atoms with Gasteiger partial charge in [-0.25, -0.2) is 8.42 Å². The zero-order chi connectivity index (χ0) is 14.5. The van der Waals surface area contributed by atoms with E-state index in [0.29, 0.717) is 10.4 Å². The van der Waals surface area contributed by atoms with Gasteiger partial charge in [-0.2, -0.15) is 17.9 Å². The fourth-order valence-electron chi connectivity index (χ4n) is 1.70. The minimum absolute atomic E-state index is 0.124. The molecule has 9 heteroatoms. The average Bonchev–Trinajstić information content (AvgIpc) is 2.93. The maximum Gasteiger partial charge on any atom is 0.407 e. The third-order valence-electron chi connectivity index (χ3n) is 3.07. The topological polar surface area (TPSA) is 72.2 Å². The number of nitrogens with two attached hydrogens (primary N) is 1. The molecule has 1 aliphatic carbocycles. The van der Waals surface area contributed by atoms with E-state index in [0.717, 1.165) is 11.3 Å². The summed E-state index contributed by atoms with van der Waals surface area (Å²) < 4.78 is 63.9. The van der Waals surface area contributed by atoms with Crippen LogP contribution in [0.2, 0.25) is 0 Å². The van der Waals surface area contributed by atoms with Gasteiger partial charge in [0.25, 0.3) is 10.0 Å². The molecule has 0 aliphatic heterocycles. The molecule has 3 N–H and O–H groups in total. The largest absolute Gasteiger partial charge is 0.407 e. The molecule has 0 unspecified atom stereocenters. The van der Waals surface area contributed by atoms with Crippen LogP contribution in [-0.2, 0) is 16.6 Å². The summed E-state index contributed by atoms with van der Waals surface area (Å²) in [6.07, 6.45) is -5.00. The van der Waals surface area contributed by atoms with Crippen LogP contribution in [0.3, 0.4) is 0 Å². The lowest BCUT2D eigenvalue weighted by Crippen LogP contribution is -2.47. The summed E-state index contributed by atoms with van der Waals surface area (Å²) in [4.78, 5) is 0.650. The Balaban J connectivity index is 2.29. The Kier molecular flexibility index (Phi) is 3.45. The highest BCUT2D eigenvalue weighted by atomic mass is 32.2. The minimum atomic E-state index is -4.57. The van der Waals surface area contributed by atoms with Crippen molar-refractivity contribution in [2.75, 3.05) is 0 Å². The number of alkyl halides is 3. The van der Waals surface area contributed by atoms with E-state index in [-0.39, 0.29) is 23.6 Å². The van der Waals surface area contributed by atoms with Crippen molar-refractivity contribution in [3.05, 3.63) is 16.5 Å². The zero-order valence-electron chi connectivity index (χ0n) is 10.0. The van der Waals surface area contributed by atoms with E-state index in [1.807, 2.05) is 0 Å². The lowest BCUT2D eigenvalue weighted by molar-refractivity contribution is -0.160. The Morgan fingerprint density at radius 3 is 2.42 bits per heavy atom. The van der Waals surface area contributed by atoms with Crippen molar-refractivity contribution in [1.82, 2.24) is 4.72 Å². The Labute approximate surface area is 112 Å². The molecule has 108 valence electrons. The molecule has 0 saturated heterocycles. The average molecular weight is 314 g/mol. The van der Waals surface area contributed by atoms with Crippen molar-refractivity contribution >= 4 is 21.4 Å². The van der Waals surface area contributed by atoms with Crippen LogP contribution in [0.4, 0.5) is 13.2 Å². The highest BCUT2D eigenvalue weighted by Gasteiger charge is 2.65. The van der Waals surface area contributed by atoms with Crippen molar-refractivity contribution in [1.29, 1.82) is 0 Å². The molecule has 1 aromatic heterocycles. The first-order chi connectivity index (χ1) is 8.61. The van der Waals surface area contributed by atoms with Gasteiger partial charge < -0.3 is 5.73 Å². The molecule has 4 nitrogen and oxygen atoms in total. The van der Waals surface area contributed by atoms with Crippen LogP contribution in [0, 0.1) is 6.92 Å². The monoisotopic (exact) mass is 314 g/mol. The van der Waals surface area contributed by atoms with Gasteiger partial charge in [0, 0.05) is 11.4 Å². The summed E-state index contributed by atoms with van der Waals surface area (Å²) in [6, 6.07) is 1.35. The smallest absolute Gasteiger partial charge is 0.326 e. The van der Waals surface area contributed by atoms with Crippen LogP contribution in [-0.4, -0.2) is 20.1 Å². The first-order valence-corrected chi connectivity index (χ1v) is 7.81. The quantitative estimate of drug-likeness (QED) is 0.891. The molecule has 19 heavy (non-hydrogen) atoms. The van der Waals surface area contributed by atoms with Crippen LogP contribution < -0.4 is 10.5 Å². The molecule has 2 rings (SSSR count). The Morgan fingerprint density at radius 2 is 2.05 bits per heavy atom. The number of hydrogen-bond acceptors (Lipinski definition) is 4. The number of nitrogens with one attached hydrogen (secondary N) is 1. The van der Waals surface area contributed by atoms with Crippen LogP contribution in [0.15, 0.2) is 10.3 Å². The second kappa shape index (κ2) is 4.44. The van der Waals surface area contributed by atoms with Crippen LogP contribution in [0.1, 0.15) is 23.3 Å². The van der Waals surface area contributed by atoms with E-state index in [2.05, 4.69) is 0 Å². The molecule has 0 bridgehead atoms. The Bertz CT molecular complexity index is 588. The van der Waals surface area contributed by atoms with E-state index < -0.39 is 21.7 Å². The summed E-state index contributed by atoms with van der Waals surface area (Å²) in [5.41, 5.74) is 3.82. The van der Waals surface area contributed by atoms with Gasteiger partial charge in [-0.05, 0) is 31.4 Å². The fourth-order valence-corrected chi connectivity index (χ4v) is 4.61. The number of hydrogen-bond donors (Lipinski definition) is 2. The van der Waals surface area contributed by atoms with E-state index >= 15 is 0 Å². The van der Waals surface area contributed by atoms with Crippen LogP contribution in [0.5, 0.6) is 0 Å². The van der Waals surface area contributed by atoms with Gasteiger partial charge in [-0.3, -0.25) is 0 Å². The summed E-state index contributed by atoms with van der Waals surface area (Å²) in [5, 5.41) is 0. The number of aryl methyl sites for hydroxylation is 1. The number of halogens is 3. The predicted molar refractivity (Wildman–Crippen MR) is 65.3 cm³/mol. The molecule has 1 aliphatic rings. The second-order valence-electron chi connectivity index (χ2n) is 4.56. The van der Waals surface area contributed by atoms with Crippen molar-refractivity contribution in [3.8, 4) is 0 Å². The molecule has 0 aromatic carbocycles. The standard InChI is InChI=1S/C10H13F3N2O2S2/c1-6-4-8(18-7(6)5-14)19(16,17)15-9(2-3-9)10(11,12)13/h4,15H,2-3,5,14H2,1H3. The Morgan fingerprint density at radius 1 is 1.47 bits per heavy atom. The van der Waals surface area contributed by atoms with Gasteiger partial charge in [0.2, 0.25) is 0 Å². The van der Waals surface area contributed by atoms with Crippen LogP contribution in [0.25, 0.3) is 0 Å². The molecule has 1 fully saturated rings. The SMILES string of the molecule is Cc1cc(S(=O)(=O)NC2(C(F)(F)F)CC2)sc1CN. The third kappa shape index (κ3) is 2.64. The summed E-state index contributed by atoms with van der Waals surface area (Å²) >= 11 is 0.903. The molecule has 0 amide bonds. The summed E-state index contributed by atoms with van der Waals surface area (Å²) in [7, 11) is -4.16. The van der Waals surface area contributed by atoms with Gasteiger partial charge in [0.05, 0.1) is 0 Å². The first kappa shape index (κ1) is 14.8. The van der Waals surface area contributed by atoms with Crippen molar-refractivity contribution < 1.29 is 21.6 Å². The van der Waals surface area contributed by atoms with E-state index in [1.54, 1.807) is 11.6 Å². The third-order valence-corrected chi connectivity index (χ3v) is 6.34. The second-order valence-corrected chi connectivity index (χ2v) is 7.61. The van der Waals surface area contributed by atoms with Gasteiger partial charge >= 0.3 is 6.18 Å². The lowest BCUT2D eigenvalue weighted by atomic mass is 10.3. The maximum atomic E-state index is 12.7. The molecule has 0 radical (unpaired) electrons. The minimum Gasteiger partial charge on any atom is -0.326 e. The molecular weight excluding hydrogens is 301 g/mol. The predicted octanol–water partition coefficient (Wildman–Crippen LogP) is 1.89. The fraction of sp³-hybridized carbons (Fsp3) is 0.600. The Hall–Kier alpha value is -0.640. The van der Waals surface area contributed by atoms with Gasteiger partial charge in [-0.1, -0.05) is 0 Å². The number of thiophene rings is 1. The highest BCUT2D eigenvalue weighted by molar-refractivity contribution is 7.91. The molecule has 0 atom stereocenters. The van der Waals surface area contributed by atoms with E-state index in [9.17, 15) is 21.6 Å². The molecule has 1 heterocycles. The highest BCUT2D eigenvalue weighted by Crippen LogP contribution is 2.50. The number of rotatable bonds is 4. The van der Waals surface area contributed by atoms with E-state index in [4.69, 9.17) is 5.73 Å². The molecule has 1 aromatic rings. The summed E-state index contributed by atoms with van der Waals surface area (Å²) in [5.74, 6) is 0. The lowest BCUT2D eigenvalue weighted by Gasteiger charge is -2.19.